The van der Waals surface area contributed by atoms with Gasteiger partial charge in [0, 0.05) is 22.6 Å². The number of aryl methyl sites for hydroxylation is 1. The lowest BCUT2D eigenvalue weighted by Gasteiger charge is -2.11. The Balaban J connectivity index is 2.65. The van der Waals surface area contributed by atoms with E-state index < -0.39 is 0 Å². The predicted octanol–water partition coefficient (Wildman–Crippen LogP) is 2.77. The molecule has 16 heavy (non-hydrogen) atoms. The summed E-state index contributed by atoms with van der Waals surface area (Å²) in [5.41, 5.74) is 3.69. The van der Waals surface area contributed by atoms with Gasteiger partial charge in [0.05, 0.1) is 7.11 Å². The average molecular weight is 218 g/mol. The van der Waals surface area contributed by atoms with Crippen molar-refractivity contribution in [3.63, 3.8) is 0 Å². The molecule has 3 heteroatoms. The fourth-order valence-electron chi connectivity index (χ4n) is 2.16. The number of hydrogen-bond donors (Lipinski definition) is 2. The van der Waals surface area contributed by atoms with E-state index in [9.17, 15) is 0 Å². The Morgan fingerprint density at radius 2 is 2.12 bits per heavy atom. The monoisotopic (exact) mass is 218 g/mol. The number of aromatic nitrogens is 1. The number of aromatic amines is 1. The molecule has 0 bridgehead atoms. The van der Waals surface area contributed by atoms with Crippen molar-refractivity contribution in [1.29, 1.82) is 0 Å². The van der Waals surface area contributed by atoms with Crippen LogP contribution in [-0.4, -0.2) is 19.1 Å². The van der Waals surface area contributed by atoms with Gasteiger partial charge in [-0.15, -0.1) is 0 Å². The van der Waals surface area contributed by atoms with E-state index in [1.165, 1.54) is 16.6 Å². The lowest BCUT2D eigenvalue weighted by atomic mass is 10.0. The molecule has 0 saturated carbocycles. The van der Waals surface area contributed by atoms with Gasteiger partial charge < -0.3 is 15.0 Å². The normalized spacial score (nSPS) is 13.0. The van der Waals surface area contributed by atoms with Crippen LogP contribution in [0.5, 0.6) is 5.75 Å². The van der Waals surface area contributed by atoms with Crippen LogP contribution in [0.15, 0.2) is 18.2 Å². The zero-order valence-corrected chi connectivity index (χ0v) is 10.2. The molecule has 0 aliphatic heterocycles. The summed E-state index contributed by atoms with van der Waals surface area (Å²) < 4.78 is 5.27. The Hall–Kier alpha value is -1.48. The third kappa shape index (κ3) is 1.67. The van der Waals surface area contributed by atoms with E-state index >= 15 is 0 Å². The van der Waals surface area contributed by atoms with Gasteiger partial charge in [-0.25, -0.2) is 0 Å². The molecule has 86 valence electrons. The first-order valence-corrected chi connectivity index (χ1v) is 5.51. The highest BCUT2D eigenvalue weighted by molar-refractivity contribution is 5.86. The highest BCUT2D eigenvalue weighted by atomic mass is 16.5. The molecule has 0 radical (unpaired) electrons. The van der Waals surface area contributed by atoms with Gasteiger partial charge in [-0.2, -0.15) is 0 Å². The summed E-state index contributed by atoms with van der Waals surface area (Å²) >= 11 is 0. The minimum atomic E-state index is 0.334. The van der Waals surface area contributed by atoms with Crippen molar-refractivity contribution in [1.82, 2.24) is 10.3 Å². The third-order valence-electron chi connectivity index (χ3n) is 3.11. The second-order valence-corrected chi connectivity index (χ2v) is 4.09. The first-order valence-electron chi connectivity index (χ1n) is 5.51. The van der Waals surface area contributed by atoms with E-state index in [0.29, 0.717) is 6.04 Å². The number of benzene rings is 1. The second kappa shape index (κ2) is 4.18. The summed E-state index contributed by atoms with van der Waals surface area (Å²) in [4.78, 5) is 3.40. The molecule has 0 amide bonds. The maximum Gasteiger partial charge on any atom is 0.119 e. The van der Waals surface area contributed by atoms with E-state index in [1.54, 1.807) is 7.11 Å². The molecule has 2 aromatic rings. The van der Waals surface area contributed by atoms with Gasteiger partial charge in [0.2, 0.25) is 0 Å². The maximum absolute atomic E-state index is 5.27. The second-order valence-electron chi connectivity index (χ2n) is 4.09. The van der Waals surface area contributed by atoms with Crippen LogP contribution in [0.4, 0.5) is 0 Å². The van der Waals surface area contributed by atoms with Crippen molar-refractivity contribution in [2.24, 2.45) is 0 Å². The molecule has 0 saturated heterocycles. The van der Waals surface area contributed by atoms with Gasteiger partial charge >= 0.3 is 0 Å². The van der Waals surface area contributed by atoms with Crippen LogP contribution >= 0.6 is 0 Å². The summed E-state index contributed by atoms with van der Waals surface area (Å²) in [6.07, 6.45) is 0. The van der Waals surface area contributed by atoms with Gasteiger partial charge in [0.25, 0.3) is 0 Å². The summed E-state index contributed by atoms with van der Waals surface area (Å²) in [6.45, 7) is 4.27. The van der Waals surface area contributed by atoms with Crippen LogP contribution in [0, 0.1) is 6.92 Å². The molecular formula is C13H18N2O. The minimum Gasteiger partial charge on any atom is -0.497 e. The Morgan fingerprint density at radius 3 is 2.75 bits per heavy atom. The van der Waals surface area contributed by atoms with Crippen LogP contribution in [-0.2, 0) is 0 Å². The van der Waals surface area contributed by atoms with Crippen LogP contribution in [0.1, 0.15) is 24.2 Å². The fraction of sp³-hybridized carbons (Fsp3) is 0.385. The van der Waals surface area contributed by atoms with E-state index in [2.05, 4.69) is 36.3 Å². The number of ether oxygens (including phenoxy) is 1. The van der Waals surface area contributed by atoms with E-state index in [1.807, 2.05) is 13.1 Å². The topological polar surface area (TPSA) is 37.0 Å². The maximum atomic E-state index is 5.27. The Labute approximate surface area is 95.8 Å². The van der Waals surface area contributed by atoms with Crippen molar-refractivity contribution >= 4 is 10.9 Å². The zero-order chi connectivity index (χ0) is 11.7. The van der Waals surface area contributed by atoms with Crippen molar-refractivity contribution in [2.45, 2.75) is 19.9 Å². The lowest BCUT2D eigenvalue weighted by molar-refractivity contribution is 0.415. The first kappa shape index (κ1) is 11.0. The predicted molar refractivity (Wildman–Crippen MR) is 67.1 cm³/mol. The summed E-state index contributed by atoms with van der Waals surface area (Å²) in [5.74, 6) is 0.899. The SMILES string of the molecule is CNC(C)c1c(C)[nH]c2ccc(OC)cc12. The lowest BCUT2D eigenvalue weighted by Crippen LogP contribution is -2.12. The number of H-pyrrole nitrogens is 1. The highest BCUT2D eigenvalue weighted by Gasteiger charge is 2.13. The molecule has 0 aliphatic rings. The molecular weight excluding hydrogens is 200 g/mol. The molecule has 1 atom stereocenters. The third-order valence-corrected chi connectivity index (χ3v) is 3.11. The van der Waals surface area contributed by atoms with Crippen molar-refractivity contribution < 1.29 is 4.74 Å². The van der Waals surface area contributed by atoms with Gasteiger partial charge in [-0.05, 0) is 44.7 Å². The number of nitrogens with one attached hydrogen (secondary N) is 2. The molecule has 0 spiro atoms. The molecule has 1 heterocycles. The highest BCUT2D eigenvalue weighted by Crippen LogP contribution is 2.30. The number of methoxy groups -OCH3 is 1. The van der Waals surface area contributed by atoms with E-state index in [4.69, 9.17) is 4.74 Å². The largest absolute Gasteiger partial charge is 0.497 e. The molecule has 2 rings (SSSR count). The molecule has 2 N–H and O–H groups in total. The Kier molecular flexibility index (Phi) is 2.88. The first-order chi connectivity index (χ1) is 7.67. The number of hydrogen-bond acceptors (Lipinski definition) is 2. The minimum absolute atomic E-state index is 0.334. The zero-order valence-electron chi connectivity index (χ0n) is 10.2. The summed E-state index contributed by atoms with van der Waals surface area (Å²) in [5, 5.41) is 4.51. The molecule has 0 aliphatic carbocycles. The average Bonchev–Trinajstić information content (AvgIpc) is 2.63. The van der Waals surface area contributed by atoms with Gasteiger partial charge in [0.15, 0.2) is 0 Å². The van der Waals surface area contributed by atoms with Crippen molar-refractivity contribution in [3.8, 4) is 5.75 Å². The molecule has 3 nitrogen and oxygen atoms in total. The molecule has 1 aromatic heterocycles. The molecule has 1 unspecified atom stereocenters. The van der Waals surface area contributed by atoms with Crippen LogP contribution in [0.3, 0.4) is 0 Å². The van der Waals surface area contributed by atoms with Gasteiger partial charge in [-0.1, -0.05) is 0 Å². The standard InChI is InChI=1S/C13H18N2O/c1-8(14-3)13-9(2)15-12-6-5-10(16-4)7-11(12)13/h5-8,14-15H,1-4H3. The Bertz CT molecular complexity index is 502. The fourth-order valence-corrected chi connectivity index (χ4v) is 2.16. The Morgan fingerprint density at radius 1 is 1.38 bits per heavy atom. The van der Waals surface area contributed by atoms with Crippen molar-refractivity contribution in [3.05, 3.63) is 29.5 Å². The molecule has 0 fully saturated rings. The van der Waals surface area contributed by atoms with E-state index in [-0.39, 0.29) is 0 Å². The van der Waals surface area contributed by atoms with Crippen LogP contribution in [0.2, 0.25) is 0 Å². The number of rotatable bonds is 3. The van der Waals surface area contributed by atoms with Crippen LogP contribution in [0.25, 0.3) is 10.9 Å². The van der Waals surface area contributed by atoms with Gasteiger partial charge in [0.1, 0.15) is 5.75 Å². The smallest absolute Gasteiger partial charge is 0.119 e. The van der Waals surface area contributed by atoms with Crippen LogP contribution < -0.4 is 10.1 Å². The van der Waals surface area contributed by atoms with E-state index in [0.717, 1.165) is 11.3 Å². The number of fused-ring (bicyclic) bond motifs is 1. The summed E-state index contributed by atoms with van der Waals surface area (Å²) in [7, 11) is 3.67. The van der Waals surface area contributed by atoms with Crippen molar-refractivity contribution in [2.75, 3.05) is 14.2 Å². The molecule has 1 aromatic carbocycles. The quantitative estimate of drug-likeness (QED) is 0.831. The van der Waals surface area contributed by atoms with Gasteiger partial charge in [-0.3, -0.25) is 0 Å². The summed E-state index contributed by atoms with van der Waals surface area (Å²) in [6, 6.07) is 6.46.